The third-order valence-corrected chi connectivity index (χ3v) is 6.39. The first kappa shape index (κ1) is 20.2. The second-order valence-electron chi connectivity index (χ2n) is 7.14. The summed E-state index contributed by atoms with van der Waals surface area (Å²) in [6, 6.07) is 11.9. The zero-order chi connectivity index (χ0) is 20.1. The number of amides is 1. The number of nitrogens with two attached hydrogens (primary N) is 1. The first-order chi connectivity index (χ1) is 13.4. The molecular weight excluding hydrogens is 374 g/mol. The van der Waals surface area contributed by atoms with Gasteiger partial charge in [0.25, 0.3) is 15.9 Å². The lowest BCUT2D eigenvalue weighted by molar-refractivity contribution is 0.100. The smallest absolute Gasteiger partial charge is 0.261 e. The lowest BCUT2D eigenvalue weighted by atomic mass is 10.1. The number of sulfonamides is 1. The van der Waals surface area contributed by atoms with Gasteiger partial charge in [0, 0.05) is 24.5 Å². The normalized spacial score (nSPS) is 14.2. The van der Waals surface area contributed by atoms with E-state index in [-0.39, 0.29) is 10.5 Å². The van der Waals surface area contributed by atoms with Crippen molar-refractivity contribution in [3.05, 3.63) is 53.6 Å². The maximum Gasteiger partial charge on any atom is 0.261 e. The number of unbranched alkanes of at least 4 members (excludes halogenated alkanes) is 1. The standard InChI is InChI=1S/C21H27N3O3S/c1-2-3-6-16-7-9-17(10-8-16)23-28(26,27)18-11-12-20(19(15-18)21(22)25)24-13-4-5-14-24/h7-12,15,23H,2-6,13-14H2,1H3,(H2,22,25). The van der Waals surface area contributed by atoms with Gasteiger partial charge in [-0.3, -0.25) is 9.52 Å². The second-order valence-corrected chi connectivity index (χ2v) is 8.83. The van der Waals surface area contributed by atoms with E-state index in [4.69, 9.17) is 5.73 Å². The molecule has 0 bridgehead atoms. The van der Waals surface area contributed by atoms with Gasteiger partial charge in [0.2, 0.25) is 0 Å². The maximum atomic E-state index is 12.8. The first-order valence-corrected chi connectivity index (χ1v) is 11.2. The van der Waals surface area contributed by atoms with Crippen molar-refractivity contribution in [2.75, 3.05) is 22.7 Å². The molecule has 1 aliphatic rings. The molecule has 2 aromatic carbocycles. The first-order valence-electron chi connectivity index (χ1n) is 9.71. The summed E-state index contributed by atoms with van der Waals surface area (Å²) in [5.74, 6) is -0.626. The van der Waals surface area contributed by atoms with Crippen molar-refractivity contribution in [2.45, 2.75) is 43.9 Å². The van der Waals surface area contributed by atoms with Crippen LogP contribution in [0.1, 0.15) is 48.5 Å². The highest BCUT2D eigenvalue weighted by Crippen LogP contribution is 2.28. The molecule has 28 heavy (non-hydrogen) atoms. The monoisotopic (exact) mass is 401 g/mol. The molecule has 0 atom stereocenters. The van der Waals surface area contributed by atoms with Crippen LogP contribution in [-0.4, -0.2) is 27.4 Å². The minimum Gasteiger partial charge on any atom is -0.371 e. The van der Waals surface area contributed by atoms with Gasteiger partial charge in [-0.1, -0.05) is 25.5 Å². The fourth-order valence-electron chi connectivity index (χ4n) is 3.45. The number of hydrogen-bond acceptors (Lipinski definition) is 4. The van der Waals surface area contributed by atoms with Gasteiger partial charge < -0.3 is 10.6 Å². The number of primary amides is 1. The van der Waals surface area contributed by atoms with Crippen molar-refractivity contribution in [3.8, 4) is 0 Å². The molecule has 2 aromatic rings. The molecule has 0 radical (unpaired) electrons. The molecule has 0 aromatic heterocycles. The lowest BCUT2D eigenvalue weighted by Crippen LogP contribution is -2.24. The number of carbonyl (C=O) groups excluding carboxylic acids is 1. The summed E-state index contributed by atoms with van der Waals surface area (Å²) in [5, 5.41) is 0. The number of benzene rings is 2. The average molecular weight is 402 g/mol. The summed E-state index contributed by atoms with van der Waals surface area (Å²) in [7, 11) is -3.82. The van der Waals surface area contributed by atoms with E-state index < -0.39 is 15.9 Å². The van der Waals surface area contributed by atoms with Gasteiger partial charge in [-0.25, -0.2) is 8.42 Å². The van der Waals surface area contributed by atoms with Gasteiger partial charge in [0.1, 0.15) is 0 Å². The topological polar surface area (TPSA) is 92.5 Å². The Morgan fingerprint density at radius 3 is 2.39 bits per heavy atom. The number of nitrogens with zero attached hydrogens (tertiary/aromatic N) is 1. The predicted octanol–water partition coefficient (Wildman–Crippen LogP) is 3.53. The third-order valence-electron chi connectivity index (χ3n) is 5.02. The number of hydrogen-bond donors (Lipinski definition) is 2. The van der Waals surface area contributed by atoms with Gasteiger partial charge in [-0.2, -0.15) is 0 Å². The van der Waals surface area contributed by atoms with Crippen LogP contribution in [0.15, 0.2) is 47.4 Å². The van der Waals surface area contributed by atoms with Crippen LogP contribution in [0.2, 0.25) is 0 Å². The van der Waals surface area contributed by atoms with E-state index in [9.17, 15) is 13.2 Å². The molecule has 1 aliphatic heterocycles. The summed E-state index contributed by atoms with van der Waals surface area (Å²) >= 11 is 0. The van der Waals surface area contributed by atoms with E-state index in [2.05, 4.69) is 16.5 Å². The van der Waals surface area contributed by atoms with Crippen LogP contribution in [0.25, 0.3) is 0 Å². The highest BCUT2D eigenvalue weighted by molar-refractivity contribution is 7.92. The van der Waals surface area contributed by atoms with Gasteiger partial charge in [-0.05, 0) is 61.6 Å². The molecule has 0 saturated carbocycles. The Kier molecular flexibility index (Phi) is 6.24. The van der Waals surface area contributed by atoms with Gasteiger partial charge in [0.05, 0.1) is 10.5 Å². The quantitative estimate of drug-likeness (QED) is 0.708. The molecule has 3 N–H and O–H groups in total. The maximum absolute atomic E-state index is 12.8. The number of carbonyl (C=O) groups is 1. The molecule has 0 aliphatic carbocycles. The summed E-state index contributed by atoms with van der Waals surface area (Å²) < 4.78 is 28.2. The van der Waals surface area contributed by atoms with E-state index >= 15 is 0 Å². The van der Waals surface area contributed by atoms with Gasteiger partial charge in [0.15, 0.2) is 0 Å². The number of nitrogens with one attached hydrogen (secondary N) is 1. The van der Waals surface area contributed by atoms with E-state index in [0.717, 1.165) is 45.2 Å². The highest BCUT2D eigenvalue weighted by atomic mass is 32.2. The summed E-state index contributed by atoms with van der Waals surface area (Å²) in [5.41, 5.74) is 8.12. The molecule has 150 valence electrons. The average Bonchev–Trinajstić information content (AvgIpc) is 3.21. The Bertz CT molecular complexity index is 934. The largest absolute Gasteiger partial charge is 0.371 e. The lowest BCUT2D eigenvalue weighted by Gasteiger charge is -2.21. The molecule has 1 amide bonds. The van der Waals surface area contributed by atoms with E-state index in [1.165, 1.54) is 17.7 Å². The van der Waals surface area contributed by atoms with Crippen molar-refractivity contribution in [2.24, 2.45) is 5.73 Å². The molecule has 0 unspecified atom stereocenters. The predicted molar refractivity (Wildman–Crippen MR) is 112 cm³/mol. The molecule has 0 spiro atoms. The van der Waals surface area contributed by atoms with E-state index in [0.29, 0.717) is 11.4 Å². The molecular formula is C21H27N3O3S. The fraction of sp³-hybridized carbons (Fsp3) is 0.381. The number of anilines is 2. The highest BCUT2D eigenvalue weighted by Gasteiger charge is 2.22. The molecule has 1 heterocycles. The molecule has 7 heteroatoms. The van der Waals surface area contributed by atoms with E-state index in [1.54, 1.807) is 18.2 Å². The summed E-state index contributed by atoms with van der Waals surface area (Å²) in [4.78, 5) is 14.0. The van der Waals surface area contributed by atoms with Crippen LogP contribution >= 0.6 is 0 Å². The Morgan fingerprint density at radius 1 is 1.11 bits per heavy atom. The number of aryl methyl sites for hydroxylation is 1. The zero-order valence-electron chi connectivity index (χ0n) is 16.1. The Hall–Kier alpha value is -2.54. The molecule has 6 nitrogen and oxygen atoms in total. The molecule has 1 fully saturated rings. The Labute approximate surface area is 166 Å². The Balaban J connectivity index is 1.83. The van der Waals surface area contributed by atoms with Crippen molar-refractivity contribution < 1.29 is 13.2 Å². The second kappa shape index (κ2) is 8.65. The van der Waals surface area contributed by atoms with Crippen LogP contribution in [0, 0.1) is 0 Å². The summed E-state index contributed by atoms with van der Waals surface area (Å²) in [6.45, 7) is 3.82. The van der Waals surface area contributed by atoms with Crippen LogP contribution in [0.5, 0.6) is 0 Å². The molecule has 1 saturated heterocycles. The van der Waals surface area contributed by atoms with Crippen molar-refractivity contribution in [1.82, 2.24) is 0 Å². The van der Waals surface area contributed by atoms with Crippen molar-refractivity contribution in [1.29, 1.82) is 0 Å². The van der Waals surface area contributed by atoms with Crippen LogP contribution in [-0.2, 0) is 16.4 Å². The SMILES string of the molecule is CCCCc1ccc(NS(=O)(=O)c2ccc(N3CCCC3)c(C(N)=O)c2)cc1. The minimum absolute atomic E-state index is 0.0271. The van der Waals surface area contributed by atoms with E-state index in [1.807, 2.05) is 12.1 Å². The van der Waals surface area contributed by atoms with Crippen LogP contribution in [0.4, 0.5) is 11.4 Å². The number of rotatable bonds is 8. The van der Waals surface area contributed by atoms with Crippen LogP contribution < -0.4 is 15.4 Å². The summed E-state index contributed by atoms with van der Waals surface area (Å²) in [6.07, 6.45) is 5.29. The minimum atomic E-state index is -3.82. The fourth-order valence-corrected chi connectivity index (χ4v) is 4.53. The van der Waals surface area contributed by atoms with Gasteiger partial charge >= 0.3 is 0 Å². The van der Waals surface area contributed by atoms with Crippen molar-refractivity contribution >= 4 is 27.3 Å². The Morgan fingerprint density at radius 2 is 1.79 bits per heavy atom. The zero-order valence-corrected chi connectivity index (χ0v) is 17.0. The van der Waals surface area contributed by atoms with Gasteiger partial charge in [-0.15, -0.1) is 0 Å². The molecule has 3 rings (SSSR count). The van der Waals surface area contributed by atoms with Crippen LogP contribution in [0.3, 0.4) is 0 Å². The third kappa shape index (κ3) is 4.65. The van der Waals surface area contributed by atoms with Crippen molar-refractivity contribution in [3.63, 3.8) is 0 Å².